The molecule has 1 aromatic rings. The summed E-state index contributed by atoms with van der Waals surface area (Å²) in [6, 6.07) is 8.79. The van der Waals surface area contributed by atoms with Crippen molar-refractivity contribution in [2.75, 3.05) is 26.7 Å². The van der Waals surface area contributed by atoms with Crippen LogP contribution in [0.25, 0.3) is 0 Å². The molecule has 0 bridgehead atoms. The largest absolute Gasteiger partial charge is 0.355 e. The summed E-state index contributed by atoms with van der Waals surface area (Å²) in [4.78, 5) is 2.61. The SMILES string of the molecule is CCCCCCN1CCCC2(C1)OC(OC)Cc1ccccc12. The topological polar surface area (TPSA) is 21.7 Å². The third kappa shape index (κ3) is 3.78. The number of methoxy groups -OCH3 is 1. The van der Waals surface area contributed by atoms with Crippen LogP contribution >= 0.6 is 0 Å². The molecular formula is C20H31NO2. The van der Waals surface area contributed by atoms with E-state index in [0.717, 1.165) is 19.4 Å². The predicted molar refractivity (Wildman–Crippen MR) is 93.5 cm³/mol. The van der Waals surface area contributed by atoms with Crippen LogP contribution in [0.2, 0.25) is 0 Å². The summed E-state index contributed by atoms with van der Waals surface area (Å²) < 4.78 is 12.1. The van der Waals surface area contributed by atoms with Crippen molar-refractivity contribution in [3.05, 3.63) is 35.4 Å². The van der Waals surface area contributed by atoms with Crippen LogP contribution in [0.1, 0.15) is 56.6 Å². The number of fused-ring (bicyclic) bond motifs is 2. The van der Waals surface area contributed by atoms with Gasteiger partial charge in [-0.25, -0.2) is 0 Å². The molecule has 3 nitrogen and oxygen atoms in total. The molecule has 2 aliphatic rings. The molecule has 1 aromatic carbocycles. The molecule has 0 aliphatic carbocycles. The van der Waals surface area contributed by atoms with Crippen molar-refractivity contribution < 1.29 is 9.47 Å². The van der Waals surface area contributed by atoms with Gasteiger partial charge in [0.05, 0.1) is 0 Å². The molecule has 2 aliphatic heterocycles. The van der Waals surface area contributed by atoms with Gasteiger partial charge in [-0.05, 0) is 43.5 Å². The lowest BCUT2D eigenvalue weighted by atomic mass is 9.80. The molecule has 0 saturated carbocycles. The maximum atomic E-state index is 6.48. The first kappa shape index (κ1) is 16.9. The van der Waals surface area contributed by atoms with Crippen LogP contribution in [0, 0.1) is 0 Å². The van der Waals surface area contributed by atoms with Crippen molar-refractivity contribution >= 4 is 0 Å². The fraction of sp³-hybridized carbons (Fsp3) is 0.700. The van der Waals surface area contributed by atoms with Crippen LogP contribution < -0.4 is 0 Å². The predicted octanol–water partition coefficient (Wildman–Crippen LogP) is 4.10. The van der Waals surface area contributed by atoms with E-state index in [1.165, 1.54) is 56.3 Å². The number of hydrogen-bond acceptors (Lipinski definition) is 3. The van der Waals surface area contributed by atoms with E-state index in [2.05, 4.69) is 36.1 Å². The first-order valence-electron chi connectivity index (χ1n) is 9.29. The summed E-state index contributed by atoms with van der Waals surface area (Å²) in [6.45, 7) is 5.69. The number of rotatable bonds is 6. The summed E-state index contributed by atoms with van der Waals surface area (Å²) in [5.41, 5.74) is 2.63. The molecule has 0 radical (unpaired) electrons. The van der Waals surface area contributed by atoms with E-state index in [1.807, 2.05) is 0 Å². The molecule has 2 heterocycles. The van der Waals surface area contributed by atoms with Crippen molar-refractivity contribution in [3.63, 3.8) is 0 Å². The number of unbranched alkanes of at least 4 members (excludes halogenated alkanes) is 3. The molecule has 2 unspecified atom stereocenters. The van der Waals surface area contributed by atoms with E-state index < -0.39 is 0 Å². The molecule has 3 heteroatoms. The second-order valence-corrected chi connectivity index (χ2v) is 7.08. The molecule has 2 atom stereocenters. The zero-order valence-corrected chi connectivity index (χ0v) is 14.7. The van der Waals surface area contributed by atoms with Crippen molar-refractivity contribution in [2.24, 2.45) is 0 Å². The van der Waals surface area contributed by atoms with Crippen LogP contribution in [0.5, 0.6) is 0 Å². The Balaban J connectivity index is 1.74. The van der Waals surface area contributed by atoms with Crippen LogP contribution in [-0.4, -0.2) is 37.9 Å². The van der Waals surface area contributed by atoms with Gasteiger partial charge in [-0.1, -0.05) is 50.5 Å². The smallest absolute Gasteiger partial charge is 0.162 e. The Morgan fingerprint density at radius 3 is 2.96 bits per heavy atom. The molecule has 1 fully saturated rings. The molecule has 23 heavy (non-hydrogen) atoms. The molecule has 1 saturated heterocycles. The number of ether oxygens (including phenoxy) is 2. The van der Waals surface area contributed by atoms with E-state index in [4.69, 9.17) is 9.47 Å². The minimum atomic E-state index is -0.168. The lowest BCUT2D eigenvalue weighted by molar-refractivity contribution is -0.228. The standard InChI is InChI=1S/C20H31NO2/c1-3-4-5-8-13-21-14-9-12-20(16-21)18-11-7-6-10-17(18)15-19(22-2)23-20/h6-7,10-11,19H,3-5,8-9,12-16H2,1-2H3. The van der Waals surface area contributed by atoms with Crippen LogP contribution in [0.4, 0.5) is 0 Å². The average Bonchev–Trinajstić information content (AvgIpc) is 2.59. The molecule has 3 rings (SSSR count). The number of benzene rings is 1. The quantitative estimate of drug-likeness (QED) is 0.737. The highest BCUT2D eigenvalue weighted by Crippen LogP contribution is 2.42. The van der Waals surface area contributed by atoms with Crippen LogP contribution in [0.15, 0.2) is 24.3 Å². The van der Waals surface area contributed by atoms with Gasteiger partial charge in [-0.3, -0.25) is 0 Å². The van der Waals surface area contributed by atoms with Gasteiger partial charge in [0.1, 0.15) is 5.60 Å². The number of piperidine rings is 1. The Bertz CT molecular complexity index is 504. The van der Waals surface area contributed by atoms with E-state index in [9.17, 15) is 0 Å². The molecule has 0 aromatic heterocycles. The highest BCUT2D eigenvalue weighted by Gasteiger charge is 2.44. The van der Waals surface area contributed by atoms with E-state index in [0.29, 0.717) is 0 Å². The van der Waals surface area contributed by atoms with Gasteiger partial charge >= 0.3 is 0 Å². The number of likely N-dealkylation sites (tertiary alicyclic amines) is 1. The summed E-state index contributed by atoms with van der Waals surface area (Å²) in [5.74, 6) is 0. The average molecular weight is 317 g/mol. The molecule has 128 valence electrons. The maximum absolute atomic E-state index is 6.48. The number of nitrogens with zero attached hydrogens (tertiary/aromatic N) is 1. The minimum Gasteiger partial charge on any atom is -0.355 e. The van der Waals surface area contributed by atoms with Crippen molar-refractivity contribution in [1.29, 1.82) is 0 Å². The Morgan fingerprint density at radius 1 is 1.26 bits per heavy atom. The van der Waals surface area contributed by atoms with Crippen molar-refractivity contribution in [1.82, 2.24) is 4.90 Å². The van der Waals surface area contributed by atoms with Crippen molar-refractivity contribution in [3.8, 4) is 0 Å². The summed E-state index contributed by atoms with van der Waals surface area (Å²) >= 11 is 0. The lowest BCUT2D eigenvalue weighted by Gasteiger charge is -2.48. The fourth-order valence-corrected chi connectivity index (χ4v) is 4.19. The lowest BCUT2D eigenvalue weighted by Crippen LogP contribution is -2.52. The van der Waals surface area contributed by atoms with E-state index >= 15 is 0 Å². The van der Waals surface area contributed by atoms with Crippen LogP contribution in [0.3, 0.4) is 0 Å². The fourth-order valence-electron chi connectivity index (χ4n) is 4.19. The van der Waals surface area contributed by atoms with Gasteiger partial charge in [0, 0.05) is 20.1 Å². The molecule has 1 spiro atoms. The second-order valence-electron chi connectivity index (χ2n) is 7.08. The minimum absolute atomic E-state index is 0.107. The first-order chi connectivity index (χ1) is 11.3. The maximum Gasteiger partial charge on any atom is 0.162 e. The zero-order valence-electron chi connectivity index (χ0n) is 14.7. The summed E-state index contributed by atoms with van der Waals surface area (Å²) in [5, 5.41) is 0. The summed E-state index contributed by atoms with van der Waals surface area (Å²) in [7, 11) is 1.76. The molecular weight excluding hydrogens is 286 g/mol. The second kappa shape index (κ2) is 7.78. The first-order valence-corrected chi connectivity index (χ1v) is 9.29. The Hall–Kier alpha value is -0.900. The molecule has 0 N–H and O–H groups in total. The highest BCUT2D eigenvalue weighted by molar-refractivity contribution is 5.35. The summed E-state index contributed by atoms with van der Waals surface area (Å²) in [6.07, 6.45) is 8.38. The Kier molecular flexibility index (Phi) is 5.73. The highest BCUT2D eigenvalue weighted by atomic mass is 16.7. The Labute approximate surface area is 141 Å². The van der Waals surface area contributed by atoms with E-state index in [1.54, 1.807) is 7.11 Å². The third-order valence-electron chi connectivity index (χ3n) is 5.38. The van der Waals surface area contributed by atoms with E-state index in [-0.39, 0.29) is 11.9 Å². The van der Waals surface area contributed by atoms with Gasteiger partial charge in [0.15, 0.2) is 6.29 Å². The van der Waals surface area contributed by atoms with Gasteiger partial charge in [0.2, 0.25) is 0 Å². The van der Waals surface area contributed by atoms with Gasteiger partial charge in [0.25, 0.3) is 0 Å². The normalized spacial score (nSPS) is 28.0. The number of hydrogen-bond donors (Lipinski definition) is 0. The van der Waals surface area contributed by atoms with Gasteiger partial charge in [-0.15, -0.1) is 0 Å². The van der Waals surface area contributed by atoms with Gasteiger partial charge < -0.3 is 14.4 Å². The monoisotopic (exact) mass is 317 g/mol. The zero-order chi connectivity index (χ0) is 16.1. The van der Waals surface area contributed by atoms with Gasteiger partial charge in [-0.2, -0.15) is 0 Å². The third-order valence-corrected chi connectivity index (χ3v) is 5.38. The van der Waals surface area contributed by atoms with Crippen molar-refractivity contribution in [2.45, 2.75) is 63.8 Å². The van der Waals surface area contributed by atoms with Crippen LogP contribution in [-0.2, 0) is 21.5 Å². The molecule has 0 amide bonds. The Morgan fingerprint density at radius 2 is 2.13 bits per heavy atom.